The first kappa shape index (κ1) is 17.1. The highest BCUT2D eigenvalue weighted by Crippen LogP contribution is 2.29. The lowest BCUT2D eigenvalue weighted by Gasteiger charge is -2.09. The average Bonchev–Trinajstić information content (AvgIpc) is 2.84. The van der Waals surface area contributed by atoms with E-state index in [9.17, 15) is 22.8 Å². The Balaban J connectivity index is 1.83. The second-order valence-corrected chi connectivity index (χ2v) is 6.06. The Bertz CT molecular complexity index is 860. The highest BCUT2D eigenvalue weighted by Gasteiger charge is 2.31. The molecule has 0 unspecified atom stereocenters. The van der Waals surface area contributed by atoms with Crippen LogP contribution >= 0.6 is 11.8 Å². The summed E-state index contributed by atoms with van der Waals surface area (Å²) in [6, 6.07) is 12.5. The molecule has 0 spiro atoms. The van der Waals surface area contributed by atoms with Crippen LogP contribution in [0.4, 0.5) is 18.0 Å². The van der Waals surface area contributed by atoms with Gasteiger partial charge >= 0.3 is 6.36 Å². The zero-order valence-electron chi connectivity index (χ0n) is 12.5. The number of hydrogen-bond acceptors (Lipinski definition) is 4. The predicted molar refractivity (Wildman–Crippen MR) is 87.7 cm³/mol. The van der Waals surface area contributed by atoms with Crippen molar-refractivity contribution >= 4 is 29.0 Å². The normalized spacial score (nSPS) is 16.2. The van der Waals surface area contributed by atoms with Crippen LogP contribution in [0.3, 0.4) is 0 Å². The quantitative estimate of drug-likeness (QED) is 0.809. The summed E-state index contributed by atoms with van der Waals surface area (Å²) in [5.41, 5.74) is 2.14. The van der Waals surface area contributed by atoms with Crippen molar-refractivity contribution in [3.63, 3.8) is 0 Å². The second kappa shape index (κ2) is 6.64. The fourth-order valence-corrected chi connectivity index (χ4v) is 2.91. The van der Waals surface area contributed by atoms with E-state index in [4.69, 9.17) is 0 Å². The maximum absolute atomic E-state index is 12.2. The third-order valence-electron chi connectivity index (χ3n) is 3.25. The largest absolute Gasteiger partial charge is 0.573 e. The van der Waals surface area contributed by atoms with E-state index in [1.165, 1.54) is 24.3 Å². The second-order valence-electron chi connectivity index (χ2n) is 5.05. The lowest BCUT2D eigenvalue weighted by molar-refractivity contribution is -0.274. The number of carbonyl (C=O) groups excluding carboxylic acids is 2. The molecule has 0 aromatic heterocycles. The Kier molecular flexibility index (Phi) is 4.54. The van der Waals surface area contributed by atoms with Gasteiger partial charge in [0, 0.05) is 0 Å². The Morgan fingerprint density at radius 2 is 1.72 bits per heavy atom. The smallest absolute Gasteiger partial charge is 0.406 e. The molecule has 4 nitrogen and oxygen atoms in total. The van der Waals surface area contributed by atoms with Crippen molar-refractivity contribution in [1.29, 1.82) is 0 Å². The number of alkyl halides is 3. The summed E-state index contributed by atoms with van der Waals surface area (Å²) in [4.78, 5) is 23.0. The number of hydrogen-bond donors (Lipinski definition) is 1. The van der Waals surface area contributed by atoms with Gasteiger partial charge in [0.2, 0.25) is 0 Å². The van der Waals surface area contributed by atoms with Crippen LogP contribution in [0.15, 0.2) is 53.4 Å². The molecule has 2 aromatic carbocycles. The van der Waals surface area contributed by atoms with Crippen molar-refractivity contribution < 1.29 is 27.5 Å². The van der Waals surface area contributed by atoms with Gasteiger partial charge in [-0.2, -0.15) is 0 Å². The zero-order chi connectivity index (χ0) is 18.0. The summed E-state index contributed by atoms with van der Waals surface area (Å²) in [5, 5.41) is 1.75. The third-order valence-corrected chi connectivity index (χ3v) is 4.06. The van der Waals surface area contributed by atoms with Crippen LogP contribution in [0.5, 0.6) is 5.75 Å². The lowest BCUT2D eigenvalue weighted by atomic mass is 10.0. The van der Waals surface area contributed by atoms with E-state index in [-0.39, 0.29) is 10.7 Å². The van der Waals surface area contributed by atoms with Gasteiger partial charge in [0.25, 0.3) is 11.1 Å². The molecule has 2 amide bonds. The van der Waals surface area contributed by atoms with Gasteiger partial charge in [0.1, 0.15) is 5.75 Å². The van der Waals surface area contributed by atoms with E-state index >= 15 is 0 Å². The van der Waals surface area contributed by atoms with Crippen LogP contribution in [-0.2, 0) is 4.79 Å². The van der Waals surface area contributed by atoms with E-state index in [1.807, 2.05) is 0 Å². The summed E-state index contributed by atoms with van der Waals surface area (Å²) < 4.78 is 40.4. The molecule has 1 heterocycles. The van der Waals surface area contributed by atoms with E-state index in [2.05, 4.69) is 10.1 Å². The summed E-state index contributed by atoms with van der Waals surface area (Å²) in [5.74, 6) is -0.749. The first-order valence-electron chi connectivity index (χ1n) is 7.01. The molecule has 8 heteroatoms. The Morgan fingerprint density at radius 3 is 2.32 bits per heavy atom. The molecule has 1 fully saturated rings. The summed E-state index contributed by atoms with van der Waals surface area (Å²) >= 11 is 0.816. The van der Waals surface area contributed by atoms with Gasteiger partial charge in [0.15, 0.2) is 0 Å². The Morgan fingerprint density at radius 1 is 1.00 bits per heavy atom. The Hall–Kier alpha value is -2.74. The van der Waals surface area contributed by atoms with Gasteiger partial charge in [-0.1, -0.05) is 30.3 Å². The van der Waals surface area contributed by atoms with Crippen LogP contribution in [0.1, 0.15) is 5.56 Å². The minimum absolute atomic E-state index is 0.288. The predicted octanol–water partition coefficient (Wildman–Crippen LogP) is 4.58. The molecule has 0 bridgehead atoms. The van der Waals surface area contributed by atoms with Crippen LogP contribution in [-0.4, -0.2) is 17.5 Å². The van der Waals surface area contributed by atoms with Gasteiger partial charge in [-0.25, -0.2) is 0 Å². The van der Waals surface area contributed by atoms with Crippen molar-refractivity contribution in [2.45, 2.75) is 6.36 Å². The van der Waals surface area contributed by atoms with Crippen molar-refractivity contribution in [1.82, 2.24) is 5.32 Å². The highest BCUT2D eigenvalue weighted by atomic mass is 32.2. The number of rotatable bonds is 3. The van der Waals surface area contributed by atoms with Gasteiger partial charge in [-0.3, -0.25) is 14.9 Å². The number of nitrogens with one attached hydrogen (secondary N) is 1. The number of imide groups is 1. The number of benzene rings is 2. The fourth-order valence-electron chi connectivity index (χ4n) is 2.23. The average molecular weight is 365 g/mol. The Labute approximate surface area is 144 Å². The molecule has 0 radical (unpaired) electrons. The van der Waals surface area contributed by atoms with Crippen molar-refractivity contribution in [3.8, 4) is 16.9 Å². The number of thioether (sulfide) groups is 1. The molecule has 1 N–H and O–H groups in total. The van der Waals surface area contributed by atoms with E-state index in [0.717, 1.165) is 17.3 Å². The maximum atomic E-state index is 12.2. The monoisotopic (exact) mass is 365 g/mol. The third kappa shape index (κ3) is 4.42. The molecule has 0 saturated carbocycles. The minimum atomic E-state index is -4.73. The molecule has 128 valence electrons. The topological polar surface area (TPSA) is 55.4 Å². The van der Waals surface area contributed by atoms with Crippen molar-refractivity contribution in [2.75, 3.05) is 0 Å². The SMILES string of the molecule is O=C1NC(=O)C(=Cc2cccc(-c3ccc(OC(F)(F)F)cc3)c2)S1. The first-order valence-corrected chi connectivity index (χ1v) is 7.83. The molecule has 1 saturated heterocycles. The number of carbonyl (C=O) groups is 2. The van der Waals surface area contributed by atoms with Crippen LogP contribution < -0.4 is 10.1 Å². The first-order chi connectivity index (χ1) is 11.8. The molecule has 1 aliphatic rings. The van der Waals surface area contributed by atoms with Gasteiger partial charge in [-0.05, 0) is 52.7 Å². The van der Waals surface area contributed by atoms with Crippen molar-refractivity contribution in [3.05, 3.63) is 59.0 Å². The summed E-state index contributed by atoms with van der Waals surface area (Å²) in [6.45, 7) is 0. The standard InChI is InChI=1S/C17H10F3NO3S/c18-17(19,20)24-13-6-4-11(5-7-13)12-3-1-2-10(8-12)9-14-15(22)21-16(23)25-14/h1-9H,(H,21,22,23). The minimum Gasteiger partial charge on any atom is -0.406 e. The van der Waals surface area contributed by atoms with Crippen LogP contribution in [0, 0.1) is 0 Å². The molecule has 2 aromatic rings. The van der Waals surface area contributed by atoms with Gasteiger partial charge in [-0.15, -0.1) is 13.2 Å². The molecule has 3 rings (SSSR count). The molecule has 0 aliphatic carbocycles. The van der Waals surface area contributed by atoms with E-state index < -0.39 is 17.5 Å². The molecular weight excluding hydrogens is 355 g/mol. The summed E-state index contributed by atoms with van der Waals surface area (Å²) in [7, 11) is 0. The van der Waals surface area contributed by atoms with Gasteiger partial charge < -0.3 is 4.74 Å². The number of halogens is 3. The highest BCUT2D eigenvalue weighted by molar-refractivity contribution is 8.18. The van der Waals surface area contributed by atoms with E-state index in [0.29, 0.717) is 11.1 Å². The molecular formula is C17H10F3NO3S. The summed E-state index contributed by atoms with van der Waals surface area (Å²) in [6.07, 6.45) is -3.15. The lowest BCUT2D eigenvalue weighted by Crippen LogP contribution is -2.17. The van der Waals surface area contributed by atoms with Crippen LogP contribution in [0.2, 0.25) is 0 Å². The maximum Gasteiger partial charge on any atom is 0.573 e. The molecule has 1 aliphatic heterocycles. The number of ether oxygens (including phenoxy) is 1. The number of amides is 2. The van der Waals surface area contributed by atoms with Gasteiger partial charge in [0.05, 0.1) is 4.91 Å². The molecule has 25 heavy (non-hydrogen) atoms. The van der Waals surface area contributed by atoms with Crippen LogP contribution in [0.25, 0.3) is 17.2 Å². The fraction of sp³-hybridized carbons (Fsp3) is 0.0588. The zero-order valence-corrected chi connectivity index (χ0v) is 13.3. The van der Waals surface area contributed by atoms with E-state index in [1.54, 1.807) is 30.3 Å². The van der Waals surface area contributed by atoms with Crippen molar-refractivity contribution in [2.24, 2.45) is 0 Å². The molecule has 0 atom stereocenters.